The minimum atomic E-state index is 0.0282. The van der Waals surface area contributed by atoms with Crippen molar-refractivity contribution in [2.45, 2.75) is 33.0 Å². The van der Waals surface area contributed by atoms with Crippen molar-refractivity contribution >= 4 is 0 Å². The smallest absolute Gasteiger partial charge is 0.0874 e. The molecular weight excluding hydrogens is 252 g/mol. The predicted molar refractivity (Wildman–Crippen MR) is 81.9 cm³/mol. The van der Waals surface area contributed by atoms with Gasteiger partial charge in [-0.25, -0.2) is 0 Å². The van der Waals surface area contributed by atoms with Crippen LogP contribution < -0.4 is 0 Å². The second-order valence-electron chi connectivity index (χ2n) is 5.50. The quantitative estimate of drug-likeness (QED) is 0.728. The summed E-state index contributed by atoms with van der Waals surface area (Å²) < 4.78 is 16.7. The molecule has 4 unspecified atom stereocenters. The molecule has 3 heteroatoms. The number of ether oxygens (including phenoxy) is 3. The first-order chi connectivity index (χ1) is 9.56. The Morgan fingerprint density at radius 3 is 2.15 bits per heavy atom. The minimum absolute atomic E-state index is 0.0282. The first kappa shape index (κ1) is 17.2. The van der Waals surface area contributed by atoms with Crippen molar-refractivity contribution in [3.63, 3.8) is 0 Å². The van der Waals surface area contributed by atoms with E-state index in [4.69, 9.17) is 14.2 Å². The van der Waals surface area contributed by atoms with Gasteiger partial charge >= 0.3 is 0 Å². The molecule has 114 valence electrons. The topological polar surface area (TPSA) is 27.7 Å². The van der Waals surface area contributed by atoms with Gasteiger partial charge in [-0.1, -0.05) is 38.1 Å². The highest BCUT2D eigenvalue weighted by Crippen LogP contribution is 2.33. The van der Waals surface area contributed by atoms with Gasteiger partial charge in [0, 0.05) is 33.2 Å². The van der Waals surface area contributed by atoms with Crippen molar-refractivity contribution in [1.29, 1.82) is 0 Å². The number of hydrogen-bond acceptors (Lipinski definition) is 3. The largest absolute Gasteiger partial charge is 0.384 e. The summed E-state index contributed by atoms with van der Waals surface area (Å²) in [6.45, 7) is 7.14. The van der Waals surface area contributed by atoms with E-state index < -0.39 is 0 Å². The molecule has 0 fully saturated rings. The molecule has 0 aromatic heterocycles. The van der Waals surface area contributed by atoms with Crippen LogP contribution >= 0.6 is 0 Å². The van der Waals surface area contributed by atoms with Crippen LogP contribution in [-0.4, -0.2) is 34.0 Å². The van der Waals surface area contributed by atoms with E-state index in [2.05, 4.69) is 45.0 Å². The Morgan fingerprint density at radius 2 is 1.65 bits per heavy atom. The summed E-state index contributed by atoms with van der Waals surface area (Å²) in [7, 11) is 5.25. The van der Waals surface area contributed by atoms with Crippen LogP contribution in [0, 0.1) is 18.8 Å². The Morgan fingerprint density at radius 1 is 1.00 bits per heavy atom. The van der Waals surface area contributed by atoms with E-state index in [9.17, 15) is 0 Å². The molecule has 20 heavy (non-hydrogen) atoms. The van der Waals surface area contributed by atoms with Gasteiger partial charge in [-0.2, -0.15) is 0 Å². The molecule has 3 nitrogen and oxygen atoms in total. The normalized spacial score (nSPS) is 17.5. The van der Waals surface area contributed by atoms with Crippen LogP contribution in [0.25, 0.3) is 0 Å². The zero-order valence-electron chi connectivity index (χ0n) is 13.6. The second-order valence-corrected chi connectivity index (χ2v) is 5.50. The highest BCUT2D eigenvalue weighted by atomic mass is 16.5. The predicted octanol–water partition coefficient (Wildman–Crippen LogP) is 3.62. The highest BCUT2D eigenvalue weighted by molar-refractivity contribution is 5.28. The zero-order chi connectivity index (χ0) is 15.1. The van der Waals surface area contributed by atoms with Crippen LogP contribution in [0.5, 0.6) is 0 Å². The molecule has 0 saturated carbocycles. The maximum absolute atomic E-state index is 5.77. The van der Waals surface area contributed by atoms with Gasteiger partial charge in [-0.15, -0.1) is 0 Å². The van der Waals surface area contributed by atoms with Gasteiger partial charge in [-0.3, -0.25) is 0 Å². The van der Waals surface area contributed by atoms with Crippen LogP contribution in [-0.2, 0) is 14.2 Å². The van der Waals surface area contributed by atoms with E-state index in [0.29, 0.717) is 12.5 Å². The maximum atomic E-state index is 5.77. The minimum Gasteiger partial charge on any atom is -0.384 e. The lowest BCUT2D eigenvalue weighted by atomic mass is 9.85. The molecule has 0 heterocycles. The van der Waals surface area contributed by atoms with Gasteiger partial charge < -0.3 is 14.2 Å². The van der Waals surface area contributed by atoms with Crippen molar-refractivity contribution in [3.05, 3.63) is 35.4 Å². The second kappa shape index (κ2) is 8.40. The van der Waals surface area contributed by atoms with Crippen LogP contribution in [0.4, 0.5) is 0 Å². The number of benzene rings is 1. The van der Waals surface area contributed by atoms with Crippen LogP contribution in [0.15, 0.2) is 24.3 Å². The Kier molecular flexibility index (Phi) is 7.20. The molecule has 1 aromatic rings. The monoisotopic (exact) mass is 280 g/mol. The fourth-order valence-electron chi connectivity index (χ4n) is 3.03. The molecule has 1 rings (SSSR count). The van der Waals surface area contributed by atoms with Gasteiger partial charge in [0.25, 0.3) is 0 Å². The molecule has 4 atom stereocenters. The lowest BCUT2D eigenvalue weighted by Gasteiger charge is -2.33. The molecule has 0 radical (unpaired) electrons. The number of hydrogen-bond donors (Lipinski definition) is 0. The zero-order valence-corrected chi connectivity index (χ0v) is 13.6. The first-order valence-corrected chi connectivity index (χ1v) is 7.16. The fourth-order valence-corrected chi connectivity index (χ4v) is 3.03. The Hall–Kier alpha value is -0.900. The lowest BCUT2D eigenvalue weighted by Crippen LogP contribution is -2.34. The van der Waals surface area contributed by atoms with Crippen LogP contribution in [0.2, 0.25) is 0 Å². The summed E-state index contributed by atoms with van der Waals surface area (Å²) >= 11 is 0. The average molecular weight is 280 g/mol. The van der Waals surface area contributed by atoms with Gasteiger partial charge in [0.05, 0.1) is 18.8 Å². The van der Waals surface area contributed by atoms with Crippen molar-refractivity contribution in [3.8, 4) is 0 Å². The Labute approximate surface area is 123 Å². The van der Waals surface area contributed by atoms with E-state index in [0.717, 1.165) is 0 Å². The molecule has 0 saturated heterocycles. The molecule has 1 aromatic carbocycles. The third-order valence-corrected chi connectivity index (χ3v) is 4.01. The summed E-state index contributed by atoms with van der Waals surface area (Å²) in [4.78, 5) is 0. The number of aryl methyl sites for hydroxylation is 1. The standard InChI is InChI=1S/C17H28O3/c1-12-9-7-8-10-15(12)17(20-6)14(3)16(19-5)13(2)11-18-4/h7-10,13-14,16-17H,11H2,1-6H3. The van der Waals surface area contributed by atoms with E-state index in [1.165, 1.54) is 11.1 Å². The molecule has 0 amide bonds. The van der Waals surface area contributed by atoms with E-state index in [1.54, 1.807) is 21.3 Å². The molecular formula is C17H28O3. The Bertz CT molecular complexity index is 392. The fraction of sp³-hybridized carbons (Fsp3) is 0.647. The summed E-state index contributed by atoms with van der Waals surface area (Å²) in [5.74, 6) is 0.568. The summed E-state index contributed by atoms with van der Waals surface area (Å²) in [5.41, 5.74) is 2.48. The van der Waals surface area contributed by atoms with Crippen molar-refractivity contribution < 1.29 is 14.2 Å². The first-order valence-electron chi connectivity index (χ1n) is 7.16. The van der Waals surface area contributed by atoms with Gasteiger partial charge in [0.15, 0.2) is 0 Å². The number of methoxy groups -OCH3 is 3. The maximum Gasteiger partial charge on any atom is 0.0874 e. The Balaban J connectivity index is 2.95. The SMILES string of the molecule is COCC(C)C(OC)C(C)C(OC)c1ccccc1C. The van der Waals surface area contributed by atoms with E-state index >= 15 is 0 Å². The molecule has 0 aliphatic rings. The van der Waals surface area contributed by atoms with Crippen LogP contribution in [0.3, 0.4) is 0 Å². The molecule has 0 N–H and O–H groups in total. The molecule has 0 bridgehead atoms. The summed E-state index contributed by atoms with van der Waals surface area (Å²) in [6.07, 6.45) is 0.125. The van der Waals surface area contributed by atoms with Crippen molar-refractivity contribution in [2.75, 3.05) is 27.9 Å². The lowest BCUT2D eigenvalue weighted by molar-refractivity contribution is -0.0630. The van der Waals surface area contributed by atoms with E-state index in [1.807, 2.05) is 0 Å². The molecule has 0 aliphatic heterocycles. The van der Waals surface area contributed by atoms with Crippen LogP contribution in [0.1, 0.15) is 31.1 Å². The third kappa shape index (κ3) is 4.05. The summed E-state index contributed by atoms with van der Waals surface area (Å²) in [6, 6.07) is 8.36. The molecule has 0 spiro atoms. The van der Waals surface area contributed by atoms with Crippen molar-refractivity contribution in [1.82, 2.24) is 0 Å². The van der Waals surface area contributed by atoms with Gasteiger partial charge in [-0.05, 0) is 18.1 Å². The van der Waals surface area contributed by atoms with E-state index in [-0.39, 0.29) is 18.1 Å². The van der Waals surface area contributed by atoms with Gasteiger partial charge in [0.1, 0.15) is 0 Å². The number of rotatable bonds is 8. The average Bonchev–Trinajstić information content (AvgIpc) is 2.43. The molecule has 0 aliphatic carbocycles. The third-order valence-electron chi connectivity index (χ3n) is 4.01. The van der Waals surface area contributed by atoms with Gasteiger partial charge in [0.2, 0.25) is 0 Å². The van der Waals surface area contributed by atoms with Crippen molar-refractivity contribution in [2.24, 2.45) is 11.8 Å². The summed E-state index contributed by atoms with van der Waals surface area (Å²) in [5, 5.41) is 0. The highest BCUT2D eigenvalue weighted by Gasteiger charge is 2.31.